The minimum Gasteiger partial charge on any atom is -0.460 e. The van der Waals surface area contributed by atoms with E-state index >= 15 is 0 Å². The predicted octanol–water partition coefficient (Wildman–Crippen LogP) is 5.80. The molecule has 2 aromatic carbocycles. The summed E-state index contributed by atoms with van der Waals surface area (Å²) in [5.74, 6) is 0. The SMILES string of the molecule is CCc1coc2c(Nc3ccccc3)cc(-c3ccccc3)nc12. The molecular weight excluding hydrogens is 296 g/mol. The summed E-state index contributed by atoms with van der Waals surface area (Å²) in [6.45, 7) is 2.12. The number of aromatic nitrogens is 1. The lowest BCUT2D eigenvalue weighted by atomic mass is 10.1. The average molecular weight is 314 g/mol. The molecule has 0 aliphatic rings. The Labute approximate surface area is 141 Å². The van der Waals surface area contributed by atoms with Gasteiger partial charge in [0.2, 0.25) is 0 Å². The molecule has 0 aliphatic carbocycles. The van der Waals surface area contributed by atoms with Gasteiger partial charge in [-0.3, -0.25) is 0 Å². The lowest BCUT2D eigenvalue weighted by molar-refractivity contribution is 0.612. The molecule has 3 heteroatoms. The number of benzene rings is 2. The van der Waals surface area contributed by atoms with Crippen molar-refractivity contribution >= 4 is 22.5 Å². The van der Waals surface area contributed by atoms with Crippen LogP contribution >= 0.6 is 0 Å². The van der Waals surface area contributed by atoms with Crippen LogP contribution in [0.1, 0.15) is 12.5 Å². The van der Waals surface area contributed by atoms with Gasteiger partial charge < -0.3 is 9.73 Å². The molecule has 1 N–H and O–H groups in total. The zero-order chi connectivity index (χ0) is 16.4. The number of pyridine rings is 1. The molecule has 0 amide bonds. The van der Waals surface area contributed by atoms with E-state index in [4.69, 9.17) is 9.40 Å². The van der Waals surface area contributed by atoms with Crippen molar-refractivity contribution in [2.24, 2.45) is 0 Å². The van der Waals surface area contributed by atoms with Gasteiger partial charge in [0.25, 0.3) is 0 Å². The number of hydrogen-bond acceptors (Lipinski definition) is 3. The molecule has 0 aliphatic heterocycles. The highest BCUT2D eigenvalue weighted by atomic mass is 16.3. The Balaban J connectivity index is 1.89. The summed E-state index contributed by atoms with van der Waals surface area (Å²) in [5.41, 5.74) is 6.85. The Morgan fingerprint density at radius 1 is 0.958 bits per heavy atom. The van der Waals surface area contributed by atoms with Gasteiger partial charge >= 0.3 is 0 Å². The fourth-order valence-corrected chi connectivity index (χ4v) is 2.83. The zero-order valence-electron chi connectivity index (χ0n) is 13.5. The van der Waals surface area contributed by atoms with Gasteiger partial charge in [0.15, 0.2) is 5.58 Å². The molecule has 3 nitrogen and oxygen atoms in total. The molecule has 0 radical (unpaired) electrons. The molecule has 118 valence electrons. The van der Waals surface area contributed by atoms with Crippen LogP contribution in [0.4, 0.5) is 11.4 Å². The van der Waals surface area contributed by atoms with Gasteiger partial charge in [-0.1, -0.05) is 55.5 Å². The van der Waals surface area contributed by atoms with Crippen molar-refractivity contribution in [3.63, 3.8) is 0 Å². The van der Waals surface area contributed by atoms with Crippen LogP contribution in [0.2, 0.25) is 0 Å². The summed E-state index contributed by atoms with van der Waals surface area (Å²) in [6.07, 6.45) is 2.70. The molecule has 0 fully saturated rings. The van der Waals surface area contributed by atoms with Crippen molar-refractivity contribution in [2.75, 3.05) is 5.32 Å². The monoisotopic (exact) mass is 314 g/mol. The number of fused-ring (bicyclic) bond motifs is 1. The third-order valence-electron chi connectivity index (χ3n) is 4.10. The van der Waals surface area contributed by atoms with E-state index in [0.29, 0.717) is 0 Å². The van der Waals surface area contributed by atoms with Gasteiger partial charge in [-0.2, -0.15) is 0 Å². The molecule has 0 atom stereocenters. The third-order valence-corrected chi connectivity index (χ3v) is 4.10. The molecule has 0 saturated heterocycles. The van der Waals surface area contributed by atoms with Crippen LogP contribution in [0.15, 0.2) is 77.4 Å². The number of anilines is 2. The topological polar surface area (TPSA) is 38.1 Å². The first kappa shape index (κ1) is 14.5. The van der Waals surface area contributed by atoms with Crippen molar-refractivity contribution in [1.29, 1.82) is 0 Å². The van der Waals surface area contributed by atoms with E-state index in [1.165, 1.54) is 0 Å². The van der Waals surface area contributed by atoms with E-state index < -0.39 is 0 Å². The van der Waals surface area contributed by atoms with Crippen LogP contribution in [0.3, 0.4) is 0 Å². The molecular formula is C21H18N2O. The first-order valence-corrected chi connectivity index (χ1v) is 8.14. The molecule has 2 aromatic heterocycles. The molecule has 0 spiro atoms. The fraction of sp³-hybridized carbons (Fsp3) is 0.0952. The highest BCUT2D eigenvalue weighted by Crippen LogP contribution is 2.33. The number of para-hydroxylation sites is 1. The quantitative estimate of drug-likeness (QED) is 0.517. The molecule has 4 aromatic rings. The standard InChI is InChI=1S/C21H18N2O/c1-2-15-14-24-21-19(22-17-11-7-4-8-12-17)13-18(23-20(15)21)16-9-5-3-6-10-16/h3-14H,2H2,1H3,(H,22,23). The summed E-state index contributed by atoms with van der Waals surface area (Å²) in [4.78, 5) is 4.84. The van der Waals surface area contributed by atoms with Crippen molar-refractivity contribution < 1.29 is 4.42 Å². The molecule has 0 bridgehead atoms. The van der Waals surface area contributed by atoms with E-state index in [2.05, 4.69) is 24.4 Å². The second-order valence-electron chi connectivity index (χ2n) is 5.70. The van der Waals surface area contributed by atoms with Gasteiger partial charge in [0.1, 0.15) is 5.52 Å². The normalized spacial score (nSPS) is 10.9. The van der Waals surface area contributed by atoms with E-state index in [-0.39, 0.29) is 0 Å². The first-order valence-electron chi connectivity index (χ1n) is 8.14. The molecule has 2 heterocycles. The maximum atomic E-state index is 5.81. The van der Waals surface area contributed by atoms with Crippen LogP contribution in [0.5, 0.6) is 0 Å². The van der Waals surface area contributed by atoms with E-state index in [0.717, 1.165) is 45.7 Å². The van der Waals surface area contributed by atoms with Crippen molar-refractivity contribution in [3.8, 4) is 11.3 Å². The van der Waals surface area contributed by atoms with E-state index in [1.54, 1.807) is 0 Å². The Morgan fingerprint density at radius 2 is 1.67 bits per heavy atom. The number of hydrogen-bond donors (Lipinski definition) is 1. The third kappa shape index (κ3) is 2.65. The number of rotatable bonds is 4. The van der Waals surface area contributed by atoms with Crippen molar-refractivity contribution in [2.45, 2.75) is 13.3 Å². The second kappa shape index (κ2) is 6.20. The van der Waals surface area contributed by atoms with Crippen molar-refractivity contribution in [1.82, 2.24) is 4.98 Å². The lowest BCUT2D eigenvalue weighted by Crippen LogP contribution is -1.94. The van der Waals surface area contributed by atoms with Gasteiger partial charge in [0, 0.05) is 16.8 Å². The fourth-order valence-electron chi connectivity index (χ4n) is 2.83. The maximum Gasteiger partial charge on any atom is 0.176 e. The number of furan rings is 1. The van der Waals surface area contributed by atoms with Crippen LogP contribution < -0.4 is 5.32 Å². The maximum absolute atomic E-state index is 5.81. The summed E-state index contributed by atoms with van der Waals surface area (Å²) in [5, 5.41) is 3.46. The van der Waals surface area contributed by atoms with Gasteiger partial charge in [-0.05, 0) is 24.6 Å². The number of nitrogens with one attached hydrogen (secondary N) is 1. The Morgan fingerprint density at radius 3 is 2.38 bits per heavy atom. The minimum absolute atomic E-state index is 0.801. The summed E-state index contributed by atoms with van der Waals surface area (Å²) in [7, 11) is 0. The Kier molecular flexibility index (Phi) is 3.75. The smallest absolute Gasteiger partial charge is 0.176 e. The summed E-state index contributed by atoms with van der Waals surface area (Å²) < 4.78 is 5.81. The van der Waals surface area contributed by atoms with E-state index in [9.17, 15) is 0 Å². The molecule has 24 heavy (non-hydrogen) atoms. The minimum atomic E-state index is 0.801. The van der Waals surface area contributed by atoms with Crippen LogP contribution in [0.25, 0.3) is 22.4 Å². The van der Waals surface area contributed by atoms with Gasteiger partial charge in [-0.15, -0.1) is 0 Å². The average Bonchev–Trinajstić information content (AvgIpc) is 3.07. The largest absolute Gasteiger partial charge is 0.460 e. The second-order valence-corrected chi connectivity index (χ2v) is 5.70. The van der Waals surface area contributed by atoms with Crippen LogP contribution in [-0.4, -0.2) is 4.98 Å². The van der Waals surface area contributed by atoms with Crippen molar-refractivity contribution in [3.05, 3.63) is 78.6 Å². The van der Waals surface area contributed by atoms with Crippen LogP contribution in [0, 0.1) is 0 Å². The highest BCUT2D eigenvalue weighted by molar-refractivity contribution is 5.93. The first-order chi connectivity index (χ1) is 11.8. The summed E-state index contributed by atoms with van der Waals surface area (Å²) >= 11 is 0. The molecule has 4 rings (SSSR count). The zero-order valence-corrected chi connectivity index (χ0v) is 13.5. The van der Waals surface area contributed by atoms with Crippen LogP contribution in [-0.2, 0) is 6.42 Å². The molecule has 0 unspecified atom stereocenters. The van der Waals surface area contributed by atoms with Gasteiger partial charge in [0.05, 0.1) is 17.6 Å². The Bertz CT molecular complexity index is 959. The summed E-state index contributed by atoms with van der Waals surface area (Å²) in [6, 6.07) is 22.4. The number of aryl methyl sites for hydroxylation is 1. The van der Waals surface area contributed by atoms with Gasteiger partial charge in [-0.25, -0.2) is 4.98 Å². The van der Waals surface area contributed by atoms with E-state index in [1.807, 2.05) is 60.9 Å². The predicted molar refractivity (Wildman–Crippen MR) is 98.5 cm³/mol. The lowest BCUT2D eigenvalue weighted by Gasteiger charge is -2.09. The number of nitrogens with zero attached hydrogens (tertiary/aromatic N) is 1. The molecule has 0 saturated carbocycles. The highest BCUT2D eigenvalue weighted by Gasteiger charge is 2.14. The Hall–Kier alpha value is -3.07.